The van der Waals surface area contributed by atoms with Crippen LogP contribution in [0.3, 0.4) is 0 Å². The molecule has 148 valence electrons. The molecule has 2 aromatic carbocycles. The van der Waals surface area contributed by atoms with Crippen LogP contribution in [-0.4, -0.2) is 12.6 Å². The second kappa shape index (κ2) is 6.93. The largest absolute Gasteiger partial charge is 0.492 e. The lowest BCUT2D eigenvalue weighted by Crippen LogP contribution is -2.32. The number of fused-ring (bicyclic) bond motifs is 5. The number of nitrogens with one attached hydrogen (secondary N) is 1. The first-order chi connectivity index (χ1) is 13.9. The molecule has 0 radical (unpaired) electrons. The van der Waals surface area contributed by atoms with Crippen LogP contribution in [0.25, 0.3) is 16.7 Å². The van der Waals surface area contributed by atoms with Gasteiger partial charge in [-0.25, -0.2) is 0 Å². The smallest absolute Gasteiger partial charge is 0.182 e. The van der Waals surface area contributed by atoms with Crippen molar-refractivity contribution < 1.29 is 14.2 Å². The van der Waals surface area contributed by atoms with E-state index in [0.717, 1.165) is 28.1 Å². The number of hydrogen-bond donors (Lipinski definition) is 1. The average molecular weight is 387 g/mol. The highest BCUT2D eigenvalue weighted by Gasteiger charge is 2.35. The van der Waals surface area contributed by atoms with E-state index in [4.69, 9.17) is 20.6 Å². The van der Waals surface area contributed by atoms with E-state index < -0.39 is 0 Å². The van der Waals surface area contributed by atoms with Crippen molar-refractivity contribution in [2.45, 2.75) is 38.8 Å². The molecule has 0 spiro atoms. The molecule has 2 aliphatic heterocycles. The van der Waals surface area contributed by atoms with E-state index in [1.807, 2.05) is 12.1 Å². The van der Waals surface area contributed by atoms with Gasteiger partial charge in [0, 0.05) is 23.2 Å². The van der Waals surface area contributed by atoms with E-state index >= 15 is 0 Å². The zero-order valence-electron chi connectivity index (χ0n) is 17.3. The monoisotopic (exact) mass is 387 g/mol. The number of anilines is 1. The second-order valence-corrected chi connectivity index (χ2v) is 7.94. The molecule has 0 amide bonds. The lowest BCUT2D eigenvalue weighted by Gasteiger charge is -2.37. The molecule has 0 bridgehead atoms. The van der Waals surface area contributed by atoms with Crippen LogP contribution in [0.1, 0.15) is 44.4 Å². The van der Waals surface area contributed by atoms with E-state index in [1.54, 1.807) is 13.2 Å². The molecule has 1 N–H and O–H groups in total. The van der Waals surface area contributed by atoms with Crippen LogP contribution in [0.4, 0.5) is 5.69 Å². The summed E-state index contributed by atoms with van der Waals surface area (Å²) in [5.74, 6) is 1.82. The molecule has 0 aliphatic carbocycles. The fourth-order valence-corrected chi connectivity index (χ4v) is 4.47. The summed E-state index contributed by atoms with van der Waals surface area (Å²) in [6.07, 6.45) is 12.3. The molecule has 2 aliphatic rings. The maximum absolute atomic E-state index is 6.43. The molecule has 4 rings (SSSR count). The summed E-state index contributed by atoms with van der Waals surface area (Å²) in [6.45, 7) is 10.4. The molecule has 0 saturated carbocycles. The number of hydrogen-bond acceptors (Lipinski definition) is 4. The van der Waals surface area contributed by atoms with Crippen molar-refractivity contribution in [3.05, 3.63) is 54.1 Å². The molecule has 2 aromatic rings. The van der Waals surface area contributed by atoms with Crippen LogP contribution in [0.2, 0.25) is 0 Å². The van der Waals surface area contributed by atoms with E-state index in [0.29, 0.717) is 17.9 Å². The highest BCUT2D eigenvalue weighted by molar-refractivity contribution is 5.92. The Balaban J connectivity index is 2.03. The number of allylic oxidation sites excluding steroid dienone is 1. The molecule has 0 fully saturated rings. The fraction of sp³-hybridized carbons (Fsp3) is 0.280. The summed E-state index contributed by atoms with van der Waals surface area (Å²) in [5.41, 5.74) is 6.42. The van der Waals surface area contributed by atoms with Gasteiger partial charge in [-0.2, -0.15) is 0 Å². The summed E-state index contributed by atoms with van der Waals surface area (Å²) in [6, 6.07) is 7.91. The Labute approximate surface area is 172 Å². The van der Waals surface area contributed by atoms with E-state index in [2.05, 4.69) is 57.0 Å². The number of ether oxygens (including phenoxy) is 3. The molecule has 29 heavy (non-hydrogen) atoms. The minimum absolute atomic E-state index is 0.113. The van der Waals surface area contributed by atoms with Crippen LogP contribution >= 0.6 is 0 Å². The lowest BCUT2D eigenvalue weighted by atomic mass is 9.81. The van der Waals surface area contributed by atoms with Crippen molar-refractivity contribution in [3.8, 4) is 40.9 Å². The van der Waals surface area contributed by atoms with Gasteiger partial charge in [0.15, 0.2) is 11.5 Å². The highest BCUT2D eigenvalue weighted by atomic mass is 16.5. The Kier molecular flexibility index (Phi) is 4.55. The van der Waals surface area contributed by atoms with Gasteiger partial charge in [0.2, 0.25) is 0 Å². The molecule has 1 atom stereocenters. The first-order valence-electron chi connectivity index (χ1n) is 9.66. The van der Waals surface area contributed by atoms with Crippen LogP contribution in [0.5, 0.6) is 17.2 Å². The van der Waals surface area contributed by atoms with Crippen LogP contribution in [0, 0.1) is 12.5 Å². The predicted molar refractivity (Wildman–Crippen MR) is 117 cm³/mol. The third-order valence-corrected chi connectivity index (χ3v) is 5.37. The molecule has 0 aromatic heterocycles. The van der Waals surface area contributed by atoms with Crippen molar-refractivity contribution >= 4 is 11.3 Å². The predicted octanol–water partition coefficient (Wildman–Crippen LogP) is 5.95. The summed E-state index contributed by atoms with van der Waals surface area (Å²) < 4.78 is 17.5. The molecule has 0 unspecified atom stereocenters. The van der Waals surface area contributed by atoms with E-state index in [-0.39, 0.29) is 11.6 Å². The maximum Gasteiger partial charge on any atom is 0.182 e. The zero-order chi connectivity index (χ0) is 20.8. The van der Waals surface area contributed by atoms with Crippen LogP contribution < -0.4 is 19.5 Å². The van der Waals surface area contributed by atoms with Gasteiger partial charge in [0.1, 0.15) is 18.0 Å². The van der Waals surface area contributed by atoms with Gasteiger partial charge in [0.25, 0.3) is 0 Å². The Hall–Kier alpha value is -3.32. The molecule has 4 heteroatoms. The van der Waals surface area contributed by atoms with Gasteiger partial charge in [0.05, 0.1) is 18.2 Å². The van der Waals surface area contributed by atoms with E-state index in [9.17, 15) is 0 Å². The third kappa shape index (κ3) is 3.03. The lowest BCUT2D eigenvalue weighted by molar-refractivity contribution is 0.204. The molecular weight excluding hydrogens is 362 g/mol. The van der Waals surface area contributed by atoms with Gasteiger partial charge >= 0.3 is 0 Å². The molecular formula is C25H25NO3. The van der Waals surface area contributed by atoms with Gasteiger partial charge in [-0.3, -0.25) is 0 Å². The average Bonchev–Trinajstić information content (AvgIpc) is 2.67. The Bertz CT molecular complexity index is 1070. The van der Waals surface area contributed by atoms with Crippen LogP contribution in [0.15, 0.2) is 43.0 Å². The molecule has 4 nitrogen and oxygen atoms in total. The number of terminal acetylenes is 1. The van der Waals surface area contributed by atoms with Gasteiger partial charge in [-0.15, -0.1) is 6.58 Å². The maximum atomic E-state index is 6.43. The summed E-state index contributed by atoms with van der Waals surface area (Å²) >= 11 is 0. The van der Waals surface area contributed by atoms with Crippen molar-refractivity contribution in [1.82, 2.24) is 0 Å². The van der Waals surface area contributed by atoms with Crippen molar-refractivity contribution in [1.29, 1.82) is 0 Å². The number of methoxy groups -OCH3 is 1. The highest BCUT2D eigenvalue weighted by Crippen LogP contribution is 2.54. The fourth-order valence-electron chi connectivity index (χ4n) is 4.47. The quantitative estimate of drug-likeness (QED) is 0.520. The van der Waals surface area contributed by atoms with Gasteiger partial charge in [-0.1, -0.05) is 24.6 Å². The van der Waals surface area contributed by atoms with Gasteiger partial charge in [-0.05, 0) is 50.1 Å². The third-order valence-electron chi connectivity index (χ3n) is 5.37. The van der Waals surface area contributed by atoms with Gasteiger partial charge < -0.3 is 19.5 Å². The number of rotatable bonds is 4. The molecule has 0 saturated heterocycles. The van der Waals surface area contributed by atoms with Crippen molar-refractivity contribution in [2.24, 2.45) is 0 Å². The first-order valence-corrected chi connectivity index (χ1v) is 9.66. The Morgan fingerprint density at radius 2 is 2.07 bits per heavy atom. The second-order valence-electron chi connectivity index (χ2n) is 7.94. The summed E-state index contributed by atoms with van der Waals surface area (Å²) in [4.78, 5) is 0. The Morgan fingerprint density at radius 3 is 2.76 bits per heavy atom. The minimum atomic E-state index is -0.138. The van der Waals surface area contributed by atoms with E-state index in [1.165, 1.54) is 11.1 Å². The first kappa shape index (κ1) is 19.0. The number of benzene rings is 2. The standard InChI is InChI=1S/C25H25NO3/c1-7-9-18-22-16(10-11-17-21(22)15(3)14-25(4,5)26-17)23-19(29-18)12-13-20(28-8-2)24(23)27-6/h2,7,10-14,18,26H,1,9H2,3-6H3/t18-/m0/s1. The molecule has 2 heterocycles. The Morgan fingerprint density at radius 1 is 1.28 bits per heavy atom. The SMILES string of the molecule is C#COc1ccc2c(c1OC)-c1ccc3c(c1[C@H](CC=C)O2)C(C)=CC(C)(C)N3. The zero-order valence-corrected chi connectivity index (χ0v) is 17.3. The summed E-state index contributed by atoms with van der Waals surface area (Å²) in [5, 5.41) is 3.62. The van der Waals surface area contributed by atoms with Crippen molar-refractivity contribution in [2.75, 3.05) is 12.4 Å². The normalized spacial score (nSPS) is 17.9. The van der Waals surface area contributed by atoms with Crippen molar-refractivity contribution in [3.63, 3.8) is 0 Å². The topological polar surface area (TPSA) is 39.7 Å². The van der Waals surface area contributed by atoms with Crippen LogP contribution in [-0.2, 0) is 0 Å². The summed E-state index contributed by atoms with van der Waals surface area (Å²) in [7, 11) is 1.61. The minimum Gasteiger partial charge on any atom is -0.492 e.